The first-order valence-electron chi connectivity index (χ1n) is 5.54. The molecule has 18 heavy (non-hydrogen) atoms. The molecule has 0 atom stereocenters. The zero-order chi connectivity index (χ0) is 12.8. The maximum absolute atomic E-state index is 11.9. The van der Waals surface area contributed by atoms with Crippen molar-refractivity contribution < 1.29 is 8.42 Å². The van der Waals surface area contributed by atoms with Crippen molar-refractivity contribution in [2.24, 2.45) is 0 Å². The fraction of sp³-hybridized carbons (Fsp3) is 0.0714. The zero-order valence-corrected chi connectivity index (χ0v) is 10.5. The van der Waals surface area contributed by atoms with Crippen molar-refractivity contribution in [2.45, 2.75) is 5.03 Å². The Morgan fingerprint density at radius 2 is 1.72 bits per heavy atom. The molecular weight excluding hydrogens is 246 g/mol. The van der Waals surface area contributed by atoms with Crippen molar-refractivity contribution in [3.8, 4) is 0 Å². The second-order valence-electron chi connectivity index (χ2n) is 3.76. The van der Waals surface area contributed by atoms with Crippen molar-refractivity contribution in [1.82, 2.24) is 4.98 Å². The van der Waals surface area contributed by atoms with Gasteiger partial charge in [-0.2, -0.15) is 0 Å². The first kappa shape index (κ1) is 12.5. The lowest BCUT2D eigenvalue weighted by Gasteiger charge is -1.99. The van der Waals surface area contributed by atoms with Crippen LogP contribution in [-0.4, -0.2) is 19.2 Å². The van der Waals surface area contributed by atoms with Crippen molar-refractivity contribution in [2.75, 3.05) is 5.75 Å². The molecule has 2 rings (SSSR count). The van der Waals surface area contributed by atoms with Gasteiger partial charge in [-0.05, 0) is 17.7 Å². The van der Waals surface area contributed by atoms with E-state index in [0.717, 1.165) is 5.56 Å². The monoisotopic (exact) mass is 259 g/mol. The summed E-state index contributed by atoms with van der Waals surface area (Å²) in [6, 6.07) is 14.4. The molecule has 0 unspecified atom stereocenters. The highest BCUT2D eigenvalue weighted by molar-refractivity contribution is 7.91. The Bertz CT molecular complexity index is 619. The number of sulfone groups is 1. The van der Waals surface area contributed by atoms with Gasteiger partial charge in [0, 0.05) is 6.20 Å². The van der Waals surface area contributed by atoms with Gasteiger partial charge in [0.15, 0.2) is 14.9 Å². The van der Waals surface area contributed by atoms with Crippen molar-refractivity contribution in [1.29, 1.82) is 0 Å². The minimum atomic E-state index is -3.33. The quantitative estimate of drug-likeness (QED) is 0.847. The van der Waals surface area contributed by atoms with Crippen LogP contribution >= 0.6 is 0 Å². The Kier molecular flexibility index (Phi) is 3.89. The molecule has 1 heterocycles. The predicted octanol–water partition coefficient (Wildman–Crippen LogP) is 2.57. The number of hydrogen-bond acceptors (Lipinski definition) is 3. The number of benzene rings is 1. The molecule has 0 amide bonds. The highest BCUT2D eigenvalue weighted by Gasteiger charge is 2.12. The molecule has 92 valence electrons. The lowest BCUT2D eigenvalue weighted by atomic mass is 10.2. The molecule has 0 saturated heterocycles. The average molecular weight is 259 g/mol. The minimum absolute atomic E-state index is 0.0428. The molecule has 0 N–H and O–H groups in total. The van der Waals surface area contributed by atoms with Crippen LogP contribution in [0.5, 0.6) is 0 Å². The third-order valence-electron chi connectivity index (χ3n) is 2.38. The summed E-state index contributed by atoms with van der Waals surface area (Å²) in [6.07, 6.45) is 4.91. The topological polar surface area (TPSA) is 47.0 Å². The van der Waals surface area contributed by atoms with Crippen LogP contribution in [0.25, 0.3) is 6.08 Å². The SMILES string of the molecule is O=S(=O)(C/C=C/c1ccccc1)c1ccccn1. The Morgan fingerprint density at radius 3 is 2.39 bits per heavy atom. The van der Waals surface area contributed by atoms with Crippen LogP contribution in [0.15, 0.2) is 65.8 Å². The van der Waals surface area contributed by atoms with Crippen LogP contribution < -0.4 is 0 Å². The van der Waals surface area contributed by atoms with Crippen LogP contribution in [0, 0.1) is 0 Å². The second-order valence-corrected chi connectivity index (χ2v) is 5.74. The third kappa shape index (κ3) is 3.28. The van der Waals surface area contributed by atoms with Gasteiger partial charge >= 0.3 is 0 Å². The Balaban J connectivity index is 2.09. The highest BCUT2D eigenvalue weighted by atomic mass is 32.2. The predicted molar refractivity (Wildman–Crippen MR) is 71.8 cm³/mol. The summed E-state index contributed by atoms with van der Waals surface area (Å²) >= 11 is 0. The molecule has 0 bridgehead atoms. The number of rotatable bonds is 4. The van der Waals surface area contributed by atoms with E-state index < -0.39 is 9.84 Å². The van der Waals surface area contributed by atoms with Crippen LogP contribution in [0.1, 0.15) is 5.56 Å². The Labute approximate surface area is 107 Å². The summed E-state index contributed by atoms with van der Waals surface area (Å²) in [7, 11) is -3.33. The lowest BCUT2D eigenvalue weighted by molar-refractivity contribution is 0.595. The maximum Gasteiger partial charge on any atom is 0.199 e. The molecule has 0 spiro atoms. The van der Waals surface area contributed by atoms with Gasteiger partial charge in [-0.25, -0.2) is 13.4 Å². The Morgan fingerprint density at radius 1 is 1.00 bits per heavy atom. The smallest absolute Gasteiger partial charge is 0.199 e. The van der Waals surface area contributed by atoms with Gasteiger partial charge in [0.25, 0.3) is 0 Å². The summed E-state index contributed by atoms with van der Waals surface area (Å²) in [5, 5.41) is 0.114. The van der Waals surface area contributed by atoms with Crippen molar-refractivity contribution >= 4 is 15.9 Å². The fourth-order valence-corrected chi connectivity index (χ4v) is 2.52. The van der Waals surface area contributed by atoms with E-state index in [1.165, 1.54) is 12.3 Å². The molecular formula is C14H13NO2S. The lowest BCUT2D eigenvalue weighted by Crippen LogP contribution is -2.06. The van der Waals surface area contributed by atoms with Crippen molar-refractivity contribution in [3.05, 3.63) is 66.4 Å². The molecule has 0 saturated carbocycles. The first-order chi connectivity index (χ1) is 8.68. The standard InChI is InChI=1S/C14H13NO2S/c16-18(17,14-10-4-5-11-15-14)12-6-9-13-7-2-1-3-8-13/h1-11H,12H2/b9-6+. The van der Waals surface area contributed by atoms with E-state index >= 15 is 0 Å². The van der Waals surface area contributed by atoms with Crippen LogP contribution in [0.4, 0.5) is 0 Å². The molecule has 0 fully saturated rings. The zero-order valence-electron chi connectivity index (χ0n) is 9.73. The fourth-order valence-electron chi connectivity index (χ4n) is 1.49. The molecule has 0 aliphatic heterocycles. The number of aromatic nitrogens is 1. The molecule has 2 aromatic rings. The maximum atomic E-state index is 11.9. The van der Waals surface area contributed by atoms with Crippen LogP contribution in [0.2, 0.25) is 0 Å². The normalized spacial score (nSPS) is 11.8. The minimum Gasteiger partial charge on any atom is -0.245 e. The van der Waals surface area contributed by atoms with Crippen LogP contribution in [0.3, 0.4) is 0 Å². The number of nitrogens with zero attached hydrogens (tertiary/aromatic N) is 1. The largest absolute Gasteiger partial charge is 0.245 e. The molecule has 1 aromatic carbocycles. The summed E-state index contributed by atoms with van der Waals surface area (Å²) in [5.41, 5.74) is 0.980. The Hall–Kier alpha value is -1.94. The number of hydrogen-bond donors (Lipinski definition) is 0. The average Bonchev–Trinajstić information content (AvgIpc) is 2.41. The summed E-state index contributed by atoms with van der Waals surface area (Å²) < 4.78 is 23.8. The van der Waals surface area contributed by atoms with E-state index in [9.17, 15) is 8.42 Å². The number of pyridine rings is 1. The highest BCUT2D eigenvalue weighted by Crippen LogP contribution is 2.08. The van der Waals surface area contributed by atoms with Gasteiger partial charge < -0.3 is 0 Å². The van der Waals surface area contributed by atoms with Gasteiger partial charge in [-0.15, -0.1) is 0 Å². The summed E-state index contributed by atoms with van der Waals surface area (Å²) in [4.78, 5) is 3.85. The van der Waals surface area contributed by atoms with E-state index in [0.29, 0.717) is 0 Å². The van der Waals surface area contributed by atoms with E-state index in [1.807, 2.05) is 30.3 Å². The van der Waals surface area contributed by atoms with Gasteiger partial charge in [-0.3, -0.25) is 0 Å². The molecule has 0 aliphatic carbocycles. The first-order valence-corrected chi connectivity index (χ1v) is 7.19. The van der Waals surface area contributed by atoms with E-state index in [-0.39, 0.29) is 10.8 Å². The van der Waals surface area contributed by atoms with Gasteiger partial charge in [-0.1, -0.05) is 48.6 Å². The van der Waals surface area contributed by atoms with E-state index in [4.69, 9.17) is 0 Å². The van der Waals surface area contributed by atoms with Crippen molar-refractivity contribution in [3.63, 3.8) is 0 Å². The third-order valence-corrected chi connectivity index (χ3v) is 3.89. The van der Waals surface area contributed by atoms with Crippen LogP contribution in [-0.2, 0) is 9.84 Å². The van der Waals surface area contributed by atoms with Gasteiger partial charge in [0.05, 0.1) is 5.75 Å². The molecule has 0 aliphatic rings. The van der Waals surface area contributed by atoms with E-state index in [1.54, 1.807) is 24.3 Å². The molecule has 3 nitrogen and oxygen atoms in total. The summed E-state index contributed by atoms with van der Waals surface area (Å²) in [5.74, 6) is -0.0428. The molecule has 1 aromatic heterocycles. The second kappa shape index (κ2) is 5.60. The molecule has 4 heteroatoms. The summed E-state index contributed by atoms with van der Waals surface area (Å²) in [6.45, 7) is 0. The van der Waals surface area contributed by atoms with Gasteiger partial charge in [0.2, 0.25) is 0 Å². The van der Waals surface area contributed by atoms with Gasteiger partial charge in [0.1, 0.15) is 0 Å². The molecule has 0 radical (unpaired) electrons. The van der Waals surface area contributed by atoms with E-state index in [2.05, 4.69) is 4.98 Å².